The lowest BCUT2D eigenvalue weighted by atomic mass is 9.46. The number of benzene rings is 1. The van der Waals surface area contributed by atoms with Gasteiger partial charge in [0.25, 0.3) is 5.69 Å². The molecule has 2 aliphatic carbocycles. The second kappa shape index (κ2) is 9.93. The summed E-state index contributed by atoms with van der Waals surface area (Å²) in [5.74, 6) is 0.169. The van der Waals surface area contributed by atoms with E-state index < -0.39 is 22.8 Å². The van der Waals surface area contributed by atoms with Gasteiger partial charge in [-0.25, -0.2) is 4.79 Å². The molecule has 212 valence electrons. The molecule has 0 radical (unpaired) electrons. The number of carbonyl (C=O) groups is 1. The molecule has 39 heavy (non-hydrogen) atoms. The zero-order valence-electron chi connectivity index (χ0n) is 23.5. The average Bonchev–Trinajstić information content (AvgIpc) is 3.22. The largest absolute Gasteiger partial charge is 0.493 e. The Morgan fingerprint density at radius 2 is 1.95 bits per heavy atom. The van der Waals surface area contributed by atoms with Crippen molar-refractivity contribution in [2.75, 3.05) is 20.3 Å². The number of carbonyl (C=O) groups excluding carboxylic acids is 1. The molecule has 9 heteroatoms. The highest BCUT2D eigenvalue weighted by Gasteiger charge is 2.60. The third-order valence-electron chi connectivity index (χ3n) is 9.62. The molecule has 9 nitrogen and oxygen atoms in total. The number of hydrogen-bond donors (Lipinski definition) is 0. The van der Waals surface area contributed by atoms with Gasteiger partial charge in [0.15, 0.2) is 23.4 Å². The van der Waals surface area contributed by atoms with Crippen molar-refractivity contribution in [1.29, 1.82) is 0 Å². The van der Waals surface area contributed by atoms with E-state index in [2.05, 4.69) is 20.4 Å². The molecule has 0 unspecified atom stereocenters. The molecule has 6 atom stereocenters. The summed E-state index contributed by atoms with van der Waals surface area (Å²) in [4.78, 5) is 23.4. The number of esters is 1. The zero-order valence-corrected chi connectivity index (χ0v) is 23.5. The highest BCUT2D eigenvalue weighted by atomic mass is 16.7. The lowest BCUT2D eigenvalue weighted by Crippen LogP contribution is -2.62. The van der Waals surface area contributed by atoms with Crippen LogP contribution in [0.2, 0.25) is 0 Å². The first kappa shape index (κ1) is 27.6. The first-order valence-electron chi connectivity index (χ1n) is 13.7. The van der Waals surface area contributed by atoms with Crippen LogP contribution in [0.5, 0.6) is 11.5 Å². The number of non-ortho nitro benzene ring substituents is 1. The topological polar surface area (TPSA) is 106 Å². The van der Waals surface area contributed by atoms with Crippen LogP contribution < -0.4 is 9.47 Å². The van der Waals surface area contributed by atoms with Crippen LogP contribution in [0.15, 0.2) is 42.0 Å². The van der Waals surface area contributed by atoms with Gasteiger partial charge in [0.05, 0.1) is 36.4 Å². The fourth-order valence-corrected chi connectivity index (χ4v) is 7.53. The molecule has 0 aromatic heterocycles. The zero-order chi connectivity index (χ0) is 28.2. The Balaban J connectivity index is 1.37. The van der Waals surface area contributed by atoms with Crippen molar-refractivity contribution in [3.8, 4) is 11.5 Å². The van der Waals surface area contributed by atoms with E-state index in [4.69, 9.17) is 23.7 Å². The van der Waals surface area contributed by atoms with Crippen LogP contribution in [0.25, 0.3) is 0 Å². The molecule has 4 aliphatic rings. The van der Waals surface area contributed by atoms with E-state index >= 15 is 0 Å². The Morgan fingerprint density at radius 1 is 1.18 bits per heavy atom. The summed E-state index contributed by atoms with van der Waals surface area (Å²) in [6, 6.07) is 4.14. The SMILES string of the molecule is C=C1CC[C@@H]2[C@]3(C)COC(C)(C)O[C@@H]3CC[C@@]2(C)[C@@H]1C/C=C1/C(=O)OC[C@@H]1Oc1ccc([N+](=O)[O-])cc1OC. The van der Waals surface area contributed by atoms with Crippen LogP contribution >= 0.6 is 0 Å². The number of ether oxygens (including phenoxy) is 5. The van der Waals surface area contributed by atoms with Crippen molar-refractivity contribution in [2.24, 2.45) is 22.7 Å². The number of nitrogens with zero attached hydrogens (tertiary/aromatic N) is 1. The first-order chi connectivity index (χ1) is 18.4. The molecule has 2 saturated heterocycles. The smallest absolute Gasteiger partial charge is 0.337 e. The van der Waals surface area contributed by atoms with Crippen LogP contribution in [-0.4, -0.2) is 49.2 Å². The molecule has 0 spiro atoms. The summed E-state index contributed by atoms with van der Waals surface area (Å²) >= 11 is 0. The van der Waals surface area contributed by atoms with E-state index in [0.29, 0.717) is 30.3 Å². The Kier molecular flexibility index (Phi) is 7.04. The van der Waals surface area contributed by atoms with Gasteiger partial charge in [-0.2, -0.15) is 0 Å². The van der Waals surface area contributed by atoms with Crippen LogP contribution in [0.4, 0.5) is 5.69 Å². The quantitative estimate of drug-likeness (QED) is 0.147. The van der Waals surface area contributed by atoms with Crippen molar-refractivity contribution in [3.05, 3.63) is 52.1 Å². The number of fused-ring (bicyclic) bond motifs is 3. The highest BCUT2D eigenvalue weighted by Crippen LogP contribution is 2.63. The van der Waals surface area contributed by atoms with Crippen molar-refractivity contribution in [3.63, 3.8) is 0 Å². The van der Waals surface area contributed by atoms with Gasteiger partial charge in [0.2, 0.25) is 0 Å². The van der Waals surface area contributed by atoms with Gasteiger partial charge >= 0.3 is 5.97 Å². The minimum Gasteiger partial charge on any atom is -0.493 e. The predicted octanol–water partition coefficient (Wildman–Crippen LogP) is 5.76. The van der Waals surface area contributed by atoms with Gasteiger partial charge in [-0.1, -0.05) is 32.1 Å². The molecule has 5 rings (SSSR count). The minimum atomic E-state index is -0.635. The summed E-state index contributed by atoms with van der Waals surface area (Å²) < 4.78 is 29.4. The van der Waals surface area contributed by atoms with Gasteiger partial charge in [0.1, 0.15) is 6.61 Å². The number of nitro groups is 1. The van der Waals surface area contributed by atoms with Crippen LogP contribution in [0.3, 0.4) is 0 Å². The summed E-state index contributed by atoms with van der Waals surface area (Å²) in [5.41, 5.74) is 1.48. The third kappa shape index (κ3) is 4.84. The number of allylic oxidation sites excluding steroid dienone is 2. The summed E-state index contributed by atoms with van der Waals surface area (Å²) in [5, 5.41) is 11.1. The number of nitro benzene ring substituents is 1. The summed E-state index contributed by atoms with van der Waals surface area (Å²) in [6.07, 6.45) is 6.09. The van der Waals surface area contributed by atoms with E-state index in [-0.39, 0.29) is 40.9 Å². The molecule has 2 saturated carbocycles. The normalized spacial score (nSPS) is 36.6. The van der Waals surface area contributed by atoms with Crippen molar-refractivity contribution >= 4 is 11.7 Å². The van der Waals surface area contributed by atoms with E-state index in [9.17, 15) is 14.9 Å². The molecule has 0 N–H and O–H groups in total. The molecule has 2 heterocycles. The summed E-state index contributed by atoms with van der Waals surface area (Å²) in [6.45, 7) is 13.9. The number of rotatable bonds is 6. The fourth-order valence-electron chi connectivity index (χ4n) is 7.53. The van der Waals surface area contributed by atoms with E-state index in [1.807, 2.05) is 19.9 Å². The molecule has 1 aromatic carbocycles. The highest BCUT2D eigenvalue weighted by molar-refractivity contribution is 5.91. The van der Waals surface area contributed by atoms with E-state index in [1.54, 1.807) is 0 Å². The lowest BCUT2D eigenvalue weighted by Gasteiger charge is -2.63. The second-order valence-corrected chi connectivity index (χ2v) is 12.3. The number of methoxy groups -OCH3 is 1. The number of cyclic esters (lactones) is 1. The molecule has 2 aliphatic heterocycles. The van der Waals surface area contributed by atoms with E-state index in [0.717, 1.165) is 25.7 Å². The lowest BCUT2D eigenvalue weighted by molar-refractivity contribution is -0.385. The Morgan fingerprint density at radius 3 is 2.67 bits per heavy atom. The first-order valence-corrected chi connectivity index (χ1v) is 13.7. The maximum atomic E-state index is 12.7. The summed E-state index contributed by atoms with van der Waals surface area (Å²) in [7, 11) is 1.42. The number of hydrogen-bond acceptors (Lipinski definition) is 8. The van der Waals surface area contributed by atoms with Crippen LogP contribution in [-0.2, 0) is 19.0 Å². The van der Waals surface area contributed by atoms with Gasteiger partial charge in [-0.3, -0.25) is 10.1 Å². The Hall–Kier alpha value is -2.91. The molecule has 1 aromatic rings. The van der Waals surface area contributed by atoms with Gasteiger partial charge in [-0.05, 0) is 69.3 Å². The monoisotopic (exact) mass is 541 g/mol. The van der Waals surface area contributed by atoms with Gasteiger partial charge < -0.3 is 23.7 Å². The Bertz CT molecular complexity index is 1210. The molecule has 4 fully saturated rings. The van der Waals surface area contributed by atoms with Gasteiger partial charge in [-0.15, -0.1) is 0 Å². The van der Waals surface area contributed by atoms with Crippen LogP contribution in [0.1, 0.15) is 59.8 Å². The maximum absolute atomic E-state index is 12.7. The maximum Gasteiger partial charge on any atom is 0.337 e. The van der Waals surface area contributed by atoms with Crippen LogP contribution in [0, 0.1) is 32.8 Å². The van der Waals surface area contributed by atoms with E-state index in [1.165, 1.54) is 30.9 Å². The van der Waals surface area contributed by atoms with Gasteiger partial charge in [0, 0.05) is 11.5 Å². The van der Waals surface area contributed by atoms with Crippen molar-refractivity contribution < 1.29 is 33.4 Å². The second-order valence-electron chi connectivity index (χ2n) is 12.3. The Labute approximate surface area is 229 Å². The predicted molar refractivity (Wildman–Crippen MR) is 143 cm³/mol. The molecule has 0 amide bonds. The fraction of sp³-hybridized carbons (Fsp3) is 0.633. The standard InChI is InChI=1S/C30H39NO8/c1-18-7-12-25-29(4,14-13-26-30(25,5)17-37-28(2,3)39-26)21(18)10-9-20-24(16-36-27(20)32)38-22-11-8-19(31(33)34)15-23(22)35-6/h8-9,11,15,21,24-26H,1,7,10,12-14,16-17H2,2-6H3/b20-9+/t21-,24+,25+,26-,29+,30+/m1/s1. The molecular weight excluding hydrogens is 502 g/mol. The minimum absolute atomic E-state index is 0.00764. The molecule has 0 bridgehead atoms. The van der Waals surface area contributed by atoms with Crippen molar-refractivity contribution in [2.45, 2.75) is 77.8 Å². The van der Waals surface area contributed by atoms with Crippen molar-refractivity contribution in [1.82, 2.24) is 0 Å². The third-order valence-corrected chi connectivity index (χ3v) is 9.62. The average molecular weight is 542 g/mol. The molecular formula is C30H39NO8.